The Morgan fingerprint density at radius 2 is 2.00 bits per heavy atom. The fraction of sp³-hybridized carbons (Fsp3) is 1.00. The second-order valence-electron chi connectivity index (χ2n) is 3.99. The van der Waals surface area contributed by atoms with Gasteiger partial charge < -0.3 is 5.73 Å². The van der Waals surface area contributed by atoms with Gasteiger partial charge in [0.1, 0.15) is 6.61 Å². The Labute approximate surface area is 87.3 Å². The van der Waals surface area contributed by atoms with Gasteiger partial charge in [-0.15, -0.1) is 4.52 Å². The molecule has 0 aliphatic heterocycles. The summed E-state index contributed by atoms with van der Waals surface area (Å²) >= 11 is 0. The highest BCUT2D eigenvalue weighted by Crippen LogP contribution is 2.33. The Morgan fingerprint density at radius 1 is 1.29 bits per heavy atom. The molecule has 1 aliphatic rings. The molecule has 1 aliphatic carbocycles. The molecule has 1 unspecified atom stereocenters. The lowest BCUT2D eigenvalue weighted by molar-refractivity contribution is 0.312. The van der Waals surface area contributed by atoms with E-state index in [2.05, 4.69) is 0 Å². The third-order valence-corrected chi connectivity index (χ3v) is 4.00. The summed E-state index contributed by atoms with van der Waals surface area (Å²) in [5.74, 6) is 0.644. The SMILES string of the molecule is NCCCO[P+](=O)CC1CCCCC1. The van der Waals surface area contributed by atoms with Crippen molar-refractivity contribution in [2.24, 2.45) is 11.7 Å². The molecule has 0 aromatic carbocycles. The standard InChI is InChI=1S/C10H21NO2P/c11-7-4-8-13-14(12)9-10-5-2-1-3-6-10/h10H,1-9,11H2/q+1. The quantitative estimate of drug-likeness (QED) is 0.550. The van der Waals surface area contributed by atoms with Gasteiger partial charge in [0.2, 0.25) is 0 Å². The van der Waals surface area contributed by atoms with E-state index in [9.17, 15) is 4.57 Å². The molecule has 14 heavy (non-hydrogen) atoms. The van der Waals surface area contributed by atoms with Crippen LogP contribution in [0.3, 0.4) is 0 Å². The molecule has 1 rings (SSSR count). The van der Waals surface area contributed by atoms with Crippen LogP contribution in [0.4, 0.5) is 0 Å². The lowest BCUT2D eigenvalue weighted by atomic mass is 9.91. The number of hydrogen-bond donors (Lipinski definition) is 1. The molecule has 0 radical (unpaired) electrons. The van der Waals surface area contributed by atoms with Crippen LogP contribution in [-0.4, -0.2) is 19.3 Å². The first kappa shape index (κ1) is 12.1. The molecule has 0 heterocycles. The van der Waals surface area contributed by atoms with Crippen molar-refractivity contribution in [2.75, 3.05) is 19.3 Å². The molecule has 2 N–H and O–H groups in total. The van der Waals surface area contributed by atoms with Gasteiger partial charge in [-0.05, 0) is 30.4 Å². The van der Waals surface area contributed by atoms with Crippen LogP contribution in [0, 0.1) is 5.92 Å². The maximum absolute atomic E-state index is 11.5. The van der Waals surface area contributed by atoms with Crippen molar-refractivity contribution >= 4 is 8.03 Å². The topological polar surface area (TPSA) is 52.3 Å². The van der Waals surface area contributed by atoms with Crippen molar-refractivity contribution in [2.45, 2.75) is 38.5 Å². The van der Waals surface area contributed by atoms with Gasteiger partial charge in [0.25, 0.3) is 0 Å². The molecule has 1 atom stereocenters. The summed E-state index contributed by atoms with van der Waals surface area (Å²) in [6.45, 7) is 1.17. The number of hydrogen-bond acceptors (Lipinski definition) is 3. The van der Waals surface area contributed by atoms with Crippen molar-refractivity contribution in [3.63, 3.8) is 0 Å². The fourth-order valence-corrected chi connectivity index (χ4v) is 3.11. The molecule has 4 heteroatoms. The molecular weight excluding hydrogens is 197 g/mol. The van der Waals surface area contributed by atoms with Crippen LogP contribution in [0.5, 0.6) is 0 Å². The van der Waals surface area contributed by atoms with Crippen molar-refractivity contribution in [3.05, 3.63) is 0 Å². The predicted octanol–water partition coefficient (Wildman–Crippen LogP) is 2.67. The second kappa shape index (κ2) is 7.33. The normalized spacial score (nSPS) is 19.6. The third-order valence-electron chi connectivity index (χ3n) is 2.72. The van der Waals surface area contributed by atoms with Crippen LogP contribution in [0.25, 0.3) is 0 Å². The first-order valence-corrected chi connectivity index (χ1v) is 6.97. The zero-order valence-corrected chi connectivity index (χ0v) is 9.68. The summed E-state index contributed by atoms with van der Waals surface area (Å²) < 4.78 is 16.7. The predicted molar refractivity (Wildman–Crippen MR) is 58.7 cm³/mol. The van der Waals surface area contributed by atoms with Gasteiger partial charge in [-0.1, -0.05) is 19.3 Å². The van der Waals surface area contributed by atoms with Crippen LogP contribution in [0.2, 0.25) is 0 Å². The van der Waals surface area contributed by atoms with E-state index in [4.69, 9.17) is 10.3 Å². The average molecular weight is 218 g/mol. The van der Waals surface area contributed by atoms with E-state index in [0.29, 0.717) is 19.1 Å². The molecule has 82 valence electrons. The van der Waals surface area contributed by atoms with Gasteiger partial charge in [0.05, 0.1) is 0 Å². The molecule has 0 aromatic rings. The lowest BCUT2D eigenvalue weighted by Gasteiger charge is -2.16. The van der Waals surface area contributed by atoms with Gasteiger partial charge in [-0.2, -0.15) is 0 Å². The highest BCUT2D eigenvalue weighted by Gasteiger charge is 2.25. The highest BCUT2D eigenvalue weighted by molar-refractivity contribution is 7.39. The van der Waals surface area contributed by atoms with E-state index >= 15 is 0 Å². The van der Waals surface area contributed by atoms with Crippen LogP contribution < -0.4 is 5.73 Å². The molecule has 0 bridgehead atoms. The molecule has 0 saturated heterocycles. The first-order chi connectivity index (χ1) is 6.83. The van der Waals surface area contributed by atoms with E-state index in [0.717, 1.165) is 12.6 Å². The highest BCUT2D eigenvalue weighted by atomic mass is 31.1. The number of nitrogens with two attached hydrogens (primary N) is 1. The lowest BCUT2D eigenvalue weighted by Crippen LogP contribution is -2.09. The maximum atomic E-state index is 11.5. The first-order valence-electron chi connectivity index (χ1n) is 5.60. The van der Waals surface area contributed by atoms with E-state index in [1.54, 1.807) is 0 Å². The molecule has 1 fully saturated rings. The molecule has 1 saturated carbocycles. The molecule has 3 nitrogen and oxygen atoms in total. The Hall–Kier alpha value is 0.0200. The monoisotopic (exact) mass is 218 g/mol. The Bertz CT molecular complexity index is 170. The van der Waals surface area contributed by atoms with Crippen molar-refractivity contribution in [1.29, 1.82) is 0 Å². The van der Waals surface area contributed by atoms with Crippen LogP contribution in [0.1, 0.15) is 38.5 Å². The van der Waals surface area contributed by atoms with E-state index in [-0.39, 0.29) is 0 Å². The average Bonchev–Trinajstić information content (AvgIpc) is 2.20. The smallest absolute Gasteiger partial charge is 0.330 e. The second-order valence-corrected chi connectivity index (χ2v) is 5.28. The van der Waals surface area contributed by atoms with Crippen LogP contribution in [0.15, 0.2) is 0 Å². The minimum absolute atomic E-state index is 0.554. The van der Waals surface area contributed by atoms with Gasteiger partial charge >= 0.3 is 8.03 Å². The molecule has 0 spiro atoms. The van der Waals surface area contributed by atoms with Crippen LogP contribution in [-0.2, 0) is 9.09 Å². The summed E-state index contributed by atoms with van der Waals surface area (Å²) in [6, 6.07) is 0. The van der Waals surface area contributed by atoms with E-state index in [1.807, 2.05) is 0 Å². The minimum Gasteiger partial charge on any atom is -0.330 e. The molecular formula is C10H21NO2P+. The van der Waals surface area contributed by atoms with Crippen molar-refractivity contribution in [1.82, 2.24) is 0 Å². The molecule has 0 amide bonds. The van der Waals surface area contributed by atoms with Gasteiger partial charge in [0, 0.05) is 5.92 Å². The Balaban J connectivity index is 2.06. The van der Waals surface area contributed by atoms with Crippen molar-refractivity contribution in [3.8, 4) is 0 Å². The minimum atomic E-state index is -1.42. The van der Waals surface area contributed by atoms with E-state index < -0.39 is 8.03 Å². The van der Waals surface area contributed by atoms with Gasteiger partial charge in [-0.3, -0.25) is 0 Å². The molecule has 0 aromatic heterocycles. The third kappa shape index (κ3) is 5.04. The number of rotatable bonds is 6. The summed E-state index contributed by atoms with van der Waals surface area (Å²) in [7, 11) is -1.42. The summed E-state index contributed by atoms with van der Waals surface area (Å²) in [5.41, 5.74) is 5.32. The zero-order valence-electron chi connectivity index (χ0n) is 8.78. The van der Waals surface area contributed by atoms with Gasteiger partial charge in [-0.25, -0.2) is 0 Å². The largest absolute Gasteiger partial charge is 0.508 e. The van der Waals surface area contributed by atoms with Gasteiger partial charge in [0.15, 0.2) is 6.16 Å². The zero-order chi connectivity index (χ0) is 10.2. The maximum Gasteiger partial charge on any atom is 0.508 e. The Morgan fingerprint density at radius 3 is 2.64 bits per heavy atom. The van der Waals surface area contributed by atoms with Crippen molar-refractivity contribution < 1.29 is 9.09 Å². The Kier molecular flexibility index (Phi) is 6.33. The van der Waals surface area contributed by atoms with Crippen LogP contribution >= 0.6 is 8.03 Å². The summed E-state index contributed by atoms with van der Waals surface area (Å²) in [6.07, 6.45) is 8.00. The van der Waals surface area contributed by atoms with E-state index in [1.165, 1.54) is 32.1 Å². The summed E-state index contributed by atoms with van der Waals surface area (Å²) in [4.78, 5) is 0. The summed E-state index contributed by atoms with van der Waals surface area (Å²) in [5, 5.41) is 0. The fourth-order valence-electron chi connectivity index (χ4n) is 1.88.